The lowest BCUT2D eigenvalue weighted by Crippen LogP contribution is -2.00. The topological polar surface area (TPSA) is 23.0 Å². The molecular formula is C86H74N2OS. The smallest absolute Gasteiger partial charge is 0.136 e. The summed E-state index contributed by atoms with van der Waals surface area (Å²) in [5.74, 6) is 0.987. The van der Waals surface area contributed by atoms with Crippen LogP contribution >= 0.6 is 11.3 Å². The summed E-state index contributed by atoms with van der Waals surface area (Å²) in [6.45, 7) is 13.7. The maximum absolute atomic E-state index is 6.31. The molecule has 0 aliphatic rings. The Balaban J connectivity index is 0.000000150. The number of unbranched alkanes of at least 4 members (excludes halogenated alkanes) is 1. The number of nitrogens with zero attached hydrogens (tertiary/aromatic N) is 2. The molecule has 0 saturated heterocycles. The maximum atomic E-state index is 6.31. The van der Waals surface area contributed by atoms with Gasteiger partial charge in [0.05, 0.1) is 33.4 Å². The van der Waals surface area contributed by atoms with Gasteiger partial charge in [0, 0.05) is 63.6 Å². The molecule has 0 saturated carbocycles. The Hall–Kier alpha value is -9.74. The van der Waals surface area contributed by atoms with E-state index in [-0.39, 0.29) is 0 Å². The van der Waals surface area contributed by atoms with E-state index in [1.807, 2.05) is 17.4 Å². The van der Waals surface area contributed by atoms with Crippen molar-refractivity contribution >= 4 is 97.1 Å². The van der Waals surface area contributed by atoms with Crippen molar-refractivity contribution in [3.8, 4) is 55.9 Å². The summed E-state index contributed by atoms with van der Waals surface area (Å²) in [5.41, 5.74) is 24.8. The predicted octanol–water partition coefficient (Wildman–Crippen LogP) is 25.4. The number of rotatable bonds is 14. The molecule has 0 aliphatic carbocycles. The van der Waals surface area contributed by atoms with Crippen LogP contribution in [0.2, 0.25) is 0 Å². The van der Waals surface area contributed by atoms with Gasteiger partial charge in [-0.3, -0.25) is 0 Å². The molecule has 90 heavy (non-hydrogen) atoms. The lowest BCUT2D eigenvalue weighted by Gasteiger charge is -2.18. The highest BCUT2D eigenvalue weighted by atomic mass is 32.1. The molecule has 440 valence electrons. The Kier molecular flexibility index (Phi) is 15.1. The van der Waals surface area contributed by atoms with Gasteiger partial charge in [-0.25, -0.2) is 0 Å². The molecular weight excluding hydrogens is 1110 g/mol. The number of aromatic nitrogens is 2. The molecule has 16 rings (SSSR count). The van der Waals surface area contributed by atoms with Crippen molar-refractivity contribution in [2.75, 3.05) is 0 Å². The summed E-state index contributed by atoms with van der Waals surface area (Å²) in [6, 6.07) is 94.6. The van der Waals surface area contributed by atoms with E-state index in [2.05, 4.69) is 299 Å². The van der Waals surface area contributed by atoms with Gasteiger partial charge in [-0.15, -0.1) is 11.3 Å². The van der Waals surface area contributed by atoms with Crippen molar-refractivity contribution in [3.05, 3.63) is 277 Å². The van der Waals surface area contributed by atoms with Gasteiger partial charge in [0.25, 0.3) is 0 Å². The third kappa shape index (κ3) is 9.90. The first-order valence-electron chi connectivity index (χ1n) is 32.6. The lowest BCUT2D eigenvalue weighted by molar-refractivity contribution is 0.669. The first kappa shape index (κ1) is 56.7. The standard InChI is InChI=1S/C44H39NO.C42H35NS/c1-5-28(3)30-22-24-35-36-25-23-31(29(4)6-2)27-41(36)45(40(35)26-30)39-19-11-9-16-34(39)32-14-7-8-15-33(32)37-18-13-21-43-44(37)38-17-10-12-20-42(38)46-43;1-3-5-12-29-22-24-35-34-23-21-28(4-2)25-39(34)43(40(35)26-29)38-19-8-6-15-32(38)30-13-10-14-31(27-30)33-17-11-18-37-36-16-7-9-20-41(36)44-42(33)37/h7-29H,5-6H2,1-4H3;6-11,13-27H,3-5,12H2,1-2H3. The fourth-order valence-electron chi connectivity index (χ4n) is 14.1. The molecule has 0 fully saturated rings. The number of thiophene rings is 1. The highest BCUT2D eigenvalue weighted by Crippen LogP contribution is 2.46. The van der Waals surface area contributed by atoms with Gasteiger partial charge in [-0.2, -0.15) is 0 Å². The first-order chi connectivity index (χ1) is 44.3. The largest absolute Gasteiger partial charge is 0.456 e. The van der Waals surface area contributed by atoms with E-state index in [9.17, 15) is 0 Å². The van der Waals surface area contributed by atoms with Gasteiger partial charge >= 0.3 is 0 Å². The van der Waals surface area contributed by atoms with Crippen LogP contribution in [0.4, 0.5) is 0 Å². The van der Waals surface area contributed by atoms with E-state index < -0.39 is 0 Å². The normalized spacial score (nSPS) is 12.5. The Morgan fingerprint density at radius 2 is 0.844 bits per heavy atom. The summed E-state index contributed by atoms with van der Waals surface area (Å²) < 4.78 is 14.1. The van der Waals surface area contributed by atoms with E-state index in [0.29, 0.717) is 11.8 Å². The van der Waals surface area contributed by atoms with Crippen molar-refractivity contribution in [1.82, 2.24) is 9.13 Å². The number of aryl methyl sites for hydroxylation is 2. The minimum Gasteiger partial charge on any atom is -0.456 e. The van der Waals surface area contributed by atoms with Crippen LogP contribution < -0.4 is 0 Å². The van der Waals surface area contributed by atoms with Gasteiger partial charge in [-0.1, -0.05) is 242 Å². The second kappa shape index (κ2) is 24.0. The second-order valence-electron chi connectivity index (χ2n) is 24.7. The number of fused-ring (bicyclic) bond motifs is 12. The van der Waals surface area contributed by atoms with E-state index in [1.165, 1.54) is 155 Å². The monoisotopic (exact) mass is 1180 g/mol. The predicted molar refractivity (Wildman–Crippen MR) is 389 cm³/mol. The summed E-state index contributed by atoms with van der Waals surface area (Å²) >= 11 is 1.89. The van der Waals surface area contributed by atoms with Crippen LogP contribution in [-0.2, 0) is 12.8 Å². The molecule has 0 N–H and O–H groups in total. The Morgan fingerprint density at radius 3 is 1.51 bits per heavy atom. The van der Waals surface area contributed by atoms with Crippen LogP contribution in [0, 0.1) is 0 Å². The fourth-order valence-corrected chi connectivity index (χ4v) is 15.4. The van der Waals surface area contributed by atoms with Gasteiger partial charge in [0.2, 0.25) is 0 Å². The summed E-state index contributed by atoms with van der Waals surface area (Å²) in [6.07, 6.45) is 6.77. The van der Waals surface area contributed by atoms with Crippen LogP contribution in [0.5, 0.6) is 0 Å². The summed E-state index contributed by atoms with van der Waals surface area (Å²) in [4.78, 5) is 0. The van der Waals surface area contributed by atoms with Crippen molar-refractivity contribution in [1.29, 1.82) is 0 Å². The number of benzene rings is 12. The first-order valence-corrected chi connectivity index (χ1v) is 33.5. The molecule has 3 nitrogen and oxygen atoms in total. The maximum Gasteiger partial charge on any atom is 0.136 e. The molecule has 0 aliphatic heterocycles. The van der Waals surface area contributed by atoms with E-state index in [0.717, 1.165) is 47.6 Å². The molecule has 0 radical (unpaired) electrons. The third-order valence-corrected chi connectivity index (χ3v) is 20.6. The third-order valence-electron chi connectivity index (χ3n) is 19.4. The SMILES string of the molecule is CCC(C)c1ccc2c3ccc(C(C)CC)cc3n(-c3ccccc3-c3ccccc3-c3cccc4oc5ccccc5c34)c2c1.CCCCc1ccc2c3ccc(CC)cc3n(-c3ccccc3-c3cccc(-c4cccc5c4sc4ccccc45)c3)c2c1. The van der Waals surface area contributed by atoms with Crippen LogP contribution in [0.15, 0.2) is 259 Å². The number of para-hydroxylation sites is 3. The average Bonchev–Trinajstić information content (AvgIpc) is 1.60. The lowest BCUT2D eigenvalue weighted by atomic mass is 9.91. The van der Waals surface area contributed by atoms with Gasteiger partial charge in [-0.05, 0) is 160 Å². The van der Waals surface area contributed by atoms with E-state index >= 15 is 0 Å². The average molecular weight is 1180 g/mol. The number of hydrogen-bond donors (Lipinski definition) is 0. The molecule has 4 aromatic heterocycles. The quantitative estimate of drug-likeness (QED) is 0.106. The Bertz CT molecular complexity index is 5300. The molecule has 2 atom stereocenters. The van der Waals surface area contributed by atoms with Crippen molar-refractivity contribution in [2.24, 2.45) is 0 Å². The molecule has 12 aromatic carbocycles. The Morgan fingerprint density at radius 1 is 0.367 bits per heavy atom. The van der Waals surface area contributed by atoms with E-state index in [1.54, 1.807) is 0 Å². The van der Waals surface area contributed by atoms with Crippen LogP contribution in [-0.4, -0.2) is 9.13 Å². The minimum absolute atomic E-state index is 0.493. The summed E-state index contributed by atoms with van der Waals surface area (Å²) in [7, 11) is 0. The zero-order valence-corrected chi connectivity index (χ0v) is 53.2. The summed E-state index contributed by atoms with van der Waals surface area (Å²) in [5, 5.41) is 10.2. The van der Waals surface area contributed by atoms with Gasteiger partial charge in [0.15, 0.2) is 0 Å². The molecule has 0 bridgehead atoms. The Labute approximate surface area is 532 Å². The zero-order valence-electron chi connectivity index (χ0n) is 52.4. The van der Waals surface area contributed by atoms with Gasteiger partial charge < -0.3 is 13.6 Å². The minimum atomic E-state index is 0.493. The van der Waals surface area contributed by atoms with E-state index in [4.69, 9.17) is 4.42 Å². The van der Waals surface area contributed by atoms with Crippen LogP contribution in [0.25, 0.3) is 142 Å². The molecule has 0 spiro atoms. The van der Waals surface area contributed by atoms with Crippen LogP contribution in [0.1, 0.15) is 101 Å². The van der Waals surface area contributed by atoms with Crippen molar-refractivity contribution in [2.45, 2.75) is 91.9 Å². The molecule has 4 heterocycles. The molecule has 2 unspecified atom stereocenters. The van der Waals surface area contributed by atoms with Crippen molar-refractivity contribution < 1.29 is 4.42 Å². The number of furan rings is 1. The fraction of sp³-hybridized carbons (Fsp3) is 0.163. The van der Waals surface area contributed by atoms with Crippen LogP contribution in [0.3, 0.4) is 0 Å². The highest BCUT2D eigenvalue weighted by Gasteiger charge is 2.23. The molecule has 0 amide bonds. The number of hydrogen-bond acceptors (Lipinski definition) is 2. The molecule has 16 aromatic rings. The zero-order chi connectivity index (χ0) is 61.0. The molecule has 4 heteroatoms. The second-order valence-corrected chi connectivity index (χ2v) is 25.8. The highest BCUT2D eigenvalue weighted by molar-refractivity contribution is 7.26. The van der Waals surface area contributed by atoms with Crippen molar-refractivity contribution in [3.63, 3.8) is 0 Å². The van der Waals surface area contributed by atoms with Gasteiger partial charge in [0.1, 0.15) is 11.2 Å².